The van der Waals surface area contributed by atoms with Crippen molar-refractivity contribution in [3.05, 3.63) is 69.8 Å². The van der Waals surface area contributed by atoms with Crippen molar-refractivity contribution in [2.75, 3.05) is 20.8 Å². The molecule has 0 radical (unpaired) electrons. The zero-order valence-corrected chi connectivity index (χ0v) is 16.5. The van der Waals surface area contributed by atoms with Gasteiger partial charge in [-0.3, -0.25) is 4.79 Å². The van der Waals surface area contributed by atoms with Gasteiger partial charge in [0.15, 0.2) is 18.2 Å². The van der Waals surface area contributed by atoms with Gasteiger partial charge in [0.1, 0.15) is 11.3 Å². The highest BCUT2D eigenvalue weighted by atomic mass is 19.4. The van der Waals surface area contributed by atoms with E-state index in [2.05, 4.69) is 0 Å². The van der Waals surface area contributed by atoms with E-state index in [1.807, 2.05) is 0 Å². The highest BCUT2D eigenvalue weighted by Gasteiger charge is 2.33. The van der Waals surface area contributed by atoms with Crippen LogP contribution in [0.5, 0.6) is 11.5 Å². The summed E-state index contributed by atoms with van der Waals surface area (Å²) in [6, 6.07) is 8.12. The molecule has 10 heteroatoms. The third-order valence-electron chi connectivity index (χ3n) is 4.45. The SMILES string of the molecule is COc1ccc(CN(C)C(=O)COc2ccc3c(C(F)(F)F)cc(=O)oc3c2)cc1F. The average molecular weight is 439 g/mol. The Labute approximate surface area is 173 Å². The molecule has 0 spiro atoms. The molecule has 0 fully saturated rings. The summed E-state index contributed by atoms with van der Waals surface area (Å²) in [5.74, 6) is -0.889. The van der Waals surface area contributed by atoms with Crippen LogP contribution in [-0.4, -0.2) is 31.6 Å². The number of amides is 1. The van der Waals surface area contributed by atoms with Crippen molar-refractivity contribution in [1.29, 1.82) is 0 Å². The molecular weight excluding hydrogens is 422 g/mol. The molecule has 0 atom stereocenters. The first-order chi connectivity index (χ1) is 14.6. The molecule has 1 amide bonds. The van der Waals surface area contributed by atoms with Gasteiger partial charge in [0, 0.05) is 31.1 Å². The number of likely N-dealkylation sites (N-methyl/N-ethyl adjacent to an activating group) is 1. The second-order valence-corrected chi connectivity index (χ2v) is 6.64. The average Bonchev–Trinajstić information content (AvgIpc) is 2.70. The number of rotatable bonds is 6. The van der Waals surface area contributed by atoms with Gasteiger partial charge in [0.25, 0.3) is 5.91 Å². The Bertz CT molecular complexity index is 1170. The molecule has 0 aliphatic rings. The van der Waals surface area contributed by atoms with Crippen LogP contribution in [0.2, 0.25) is 0 Å². The van der Waals surface area contributed by atoms with Gasteiger partial charge in [-0.25, -0.2) is 9.18 Å². The summed E-state index contributed by atoms with van der Waals surface area (Å²) < 4.78 is 68.1. The standard InChI is InChI=1S/C21H17F4NO5/c1-26(10-12-3-6-17(29-2)16(22)7-12)19(27)11-30-13-4-5-14-15(21(23,24)25)9-20(28)31-18(14)8-13/h3-9H,10-11H2,1-2H3. The molecule has 31 heavy (non-hydrogen) atoms. The molecule has 0 N–H and O–H groups in total. The van der Waals surface area contributed by atoms with E-state index in [0.29, 0.717) is 11.6 Å². The molecule has 164 valence electrons. The maximum Gasteiger partial charge on any atom is 0.417 e. The molecule has 0 bridgehead atoms. The number of halogens is 4. The maximum absolute atomic E-state index is 13.8. The second-order valence-electron chi connectivity index (χ2n) is 6.64. The number of methoxy groups -OCH3 is 1. The maximum atomic E-state index is 13.8. The number of hydrogen-bond donors (Lipinski definition) is 0. The van der Waals surface area contributed by atoms with Crippen LogP contribution in [0, 0.1) is 5.82 Å². The van der Waals surface area contributed by atoms with Crippen LogP contribution in [0.15, 0.2) is 51.7 Å². The van der Waals surface area contributed by atoms with Crippen LogP contribution >= 0.6 is 0 Å². The van der Waals surface area contributed by atoms with Gasteiger partial charge in [0.05, 0.1) is 12.7 Å². The van der Waals surface area contributed by atoms with Gasteiger partial charge in [-0.05, 0) is 29.8 Å². The van der Waals surface area contributed by atoms with Crippen molar-refractivity contribution in [1.82, 2.24) is 4.90 Å². The molecule has 2 aromatic carbocycles. The molecular formula is C21H17F4NO5. The minimum Gasteiger partial charge on any atom is -0.494 e. The molecule has 0 aliphatic carbocycles. The van der Waals surface area contributed by atoms with Crippen LogP contribution in [0.1, 0.15) is 11.1 Å². The van der Waals surface area contributed by atoms with E-state index in [9.17, 15) is 27.2 Å². The summed E-state index contributed by atoms with van der Waals surface area (Å²) in [4.78, 5) is 25.0. The lowest BCUT2D eigenvalue weighted by Gasteiger charge is -2.18. The fourth-order valence-corrected chi connectivity index (χ4v) is 2.89. The van der Waals surface area contributed by atoms with E-state index >= 15 is 0 Å². The highest BCUT2D eigenvalue weighted by molar-refractivity contribution is 5.82. The van der Waals surface area contributed by atoms with Crippen molar-refractivity contribution < 1.29 is 36.2 Å². The van der Waals surface area contributed by atoms with Crippen molar-refractivity contribution in [3.63, 3.8) is 0 Å². The van der Waals surface area contributed by atoms with Crippen molar-refractivity contribution in [2.24, 2.45) is 0 Å². The number of nitrogens with zero attached hydrogens (tertiary/aromatic N) is 1. The lowest BCUT2D eigenvalue weighted by molar-refractivity contribution is -0.136. The van der Waals surface area contributed by atoms with Crippen LogP contribution in [0.4, 0.5) is 17.6 Å². The lowest BCUT2D eigenvalue weighted by Crippen LogP contribution is -2.31. The summed E-state index contributed by atoms with van der Waals surface area (Å²) in [5.41, 5.74) is -2.06. The van der Waals surface area contributed by atoms with Crippen LogP contribution in [-0.2, 0) is 17.5 Å². The third-order valence-corrected chi connectivity index (χ3v) is 4.45. The predicted octanol–water partition coefficient (Wildman–Crippen LogP) is 4.00. The monoisotopic (exact) mass is 439 g/mol. The Hall–Kier alpha value is -3.56. The summed E-state index contributed by atoms with van der Waals surface area (Å²) in [5, 5.41) is -0.301. The number of fused-ring (bicyclic) bond motifs is 1. The Balaban J connectivity index is 1.69. The van der Waals surface area contributed by atoms with Crippen LogP contribution in [0.25, 0.3) is 11.0 Å². The van der Waals surface area contributed by atoms with Crippen molar-refractivity contribution in [3.8, 4) is 11.5 Å². The zero-order valence-electron chi connectivity index (χ0n) is 16.5. The number of hydrogen-bond acceptors (Lipinski definition) is 5. The number of alkyl halides is 3. The van der Waals surface area contributed by atoms with Crippen molar-refractivity contribution in [2.45, 2.75) is 12.7 Å². The quantitative estimate of drug-likeness (QED) is 0.429. The Morgan fingerprint density at radius 1 is 1.13 bits per heavy atom. The summed E-state index contributed by atoms with van der Waals surface area (Å²) >= 11 is 0. The summed E-state index contributed by atoms with van der Waals surface area (Å²) in [7, 11) is 2.83. The number of carbonyl (C=O) groups excluding carboxylic acids is 1. The lowest BCUT2D eigenvalue weighted by atomic mass is 10.1. The number of ether oxygens (including phenoxy) is 2. The molecule has 0 unspecified atom stereocenters. The predicted molar refractivity (Wildman–Crippen MR) is 102 cm³/mol. The summed E-state index contributed by atoms with van der Waals surface area (Å²) in [6.45, 7) is -0.325. The third kappa shape index (κ3) is 5.14. The zero-order chi connectivity index (χ0) is 22.8. The fraction of sp³-hybridized carbons (Fsp3) is 0.238. The van der Waals surface area contributed by atoms with Crippen LogP contribution < -0.4 is 15.1 Å². The largest absolute Gasteiger partial charge is 0.494 e. The van der Waals surface area contributed by atoms with Gasteiger partial charge < -0.3 is 18.8 Å². The van der Waals surface area contributed by atoms with Crippen LogP contribution in [0.3, 0.4) is 0 Å². The smallest absolute Gasteiger partial charge is 0.417 e. The first-order valence-corrected chi connectivity index (χ1v) is 8.93. The van der Waals surface area contributed by atoms with E-state index in [0.717, 1.165) is 12.1 Å². The molecule has 0 saturated carbocycles. The fourth-order valence-electron chi connectivity index (χ4n) is 2.89. The molecule has 1 aromatic heterocycles. The molecule has 0 aliphatic heterocycles. The summed E-state index contributed by atoms with van der Waals surface area (Å²) in [6.07, 6.45) is -4.73. The minimum atomic E-state index is -4.73. The van der Waals surface area contributed by atoms with E-state index in [1.54, 1.807) is 6.07 Å². The van der Waals surface area contributed by atoms with Gasteiger partial charge in [0.2, 0.25) is 0 Å². The number of benzene rings is 2. The Kier molecular flexibility index (Phi) is 6.19. The molecule has 0 saturated heterocycles. The van der Waals surface area contributed by atoms with Gasteiger partial charge in [-0.2, -0.15) is 13.2 Å². The van der Waals surface area contributed by atoms with Gasteiger partial charge in [-0.15, -0.1) is 0 Å². The molecule has 3 rings (SSSR count). The molecule has 3 aromatic rings. The highest BCUT2D eigenvalue weighted by Crippen LogP contribution is 2.34. The van der Waals surface area contributed by atoms with E-state index in [-0.39, 0.29) is 29.0 Å². The molecule has 6 nitrogen and oxygen atoms in total. The normalized spacial score (nSPS) is 11.4. The second kappa shape index (κ2) is 8.66. The van der Waals surface area contributed by atoms with Crippen molar-refractivity contribution >= 4 is 16.9 Å². The number of carbonyl (C=O) groups is 1. The topological polar surface area (TPSA) is 69.0 Å². The Morgan fingerprint density at radius 3 is 2.52 bits per heavy atom. The Morgan fingerprint density at radius 2 is 1.87 bits per heavy atom. The van der Waals surface area contributed by atoms with E-state index in [1.165, 1.54) is 37.3 Å². The first-order valence-electron chi connectivity index (χ1n) is 8.93. The minimum absolute atomic E-state index is 0.0483. The van der Waals surface area contributed by atoms with E-state index in [4.69, 9.17) is 13.9 Å². The first kappa shape index (κ1) is 22.1. The van der Waals surface area contributed by atoms with E-state index < -0.39 is 35.7 Å². The van der Waals surface area contributed by atoms with Gasteiger partial charge >= 0.3 is 11.8 Å². The molecule has 1 heterocycles. The van der Waals surface area contributed by atoms with Gasteiger partial charge in [-0.1, -0.05) is 6.07 Å².